The lowest BCUT2D eigenvalue weighted by atomic mass is 10.2. The SMILES string of the molecule is CCC(CC)n1ccc(CC(O)c2cc(Br)c(C)s2)n1. The summed E-state index contributed by atoms with van der Waals surface area (Å²) in [6.45, 7) is 6.40. The molecule has 0 radical (unpaired) electrons. The summed E-state index contributed by atoms with van der Waals surface area (Å²) in [6, 6.07) is 4.47. The molecule has 0 spiro atoms. The lowest BCUT2D eigenvalue weighted by Crippen LogP contribution is -2.08. The van der Waals surface area contributed by atoms with E-state index in [9.17, 15) is 5.11 Å². The van der Waals surface area contributed by atoms with Gasteiger partial charge in [0.15, 0.2) is 0 Å². The normalized spacial score (nSPS) is 13.1. The highest BCUT2D eigenvalue weighted by atomic mass is 79.9. The Morgan fingerprint density at radius 2 is 2.10 bits per heavy atom. The van der Waals surface area contributed by atoms with Gasteiger partial charge in [-0.15, -0.1) is 11.3 Å². The second-order valence-electron chi connectivity index (χ2n) is 5.03. The number of hydrogen-bond donors (Lipinski definition) is 1. The summed E-state index contributed by atoms with van der Waals surface area (Å²) >= 11 is 5.12. The molecular formula is C15H21BrN2OS. The highest BCUT2D eigenvalue weighted by Gasteiger charge is 2.15. The number of aliphatic hydroxyl groups excluding tert-OH is 1. The second-order valence-corrected chi connectivity index (χ2v) is 7.17. The van der Waals surface area contributed by atoms with Crippen molar-refractivity contribution in [2.45, 2.75) is 52.2 Å². The van der Waals surface area contributed by atoms with E-state index in [1.807, 2.05) is 29.9 Å². The van der Waals surface area contributed by atoms with E-state index in [1.54, 1.807) is 11.3 Å². The lowest BCUT2D eigenvalue weighted by molar-refractivity contribution is 0.180. The van der Waals surface area contributed by atoms with Crippen LogP contribution in [0.4, 0.5) is 0 Å². The summed E-state index contributed by atoms with van der Waals surface area (Å²) < 4.78 is 3.09. The van der Waals surface area contributed by atoms with Crippen molar-refractivity contribution < 1.29 is 5.11 Å². The van der Waals surface area contributed by atoms with Crippen LogP contribution in [-0.2, 0) is 6.42 Å². The summed E-state index contributed by atoms with van der Waals surface area (Å²) in [5.41, 5.74) is 0.951. The van der Waals surface area contributed by atoms with Gasteiger partial charge < -0.3 is 5.11 Å². The fourth-order valence-corrected chi connectivity index (χ4v) is 3.84. The molecule has 5 heteroatoms. The zero-order valence-corrected chi connectivity index (χ0v) is 14.5. The molecule has 0 aromatic carbocycles. The first kappa shape index (κ1) is 15.7. The molecule has 110 valence electrons. The Bertz CT molecular complexity index is 540. The van der Waals surface area contributed by atoms with Crippen molar-refractivity contribution >= 4 is 27.3 Å². The van der Waals surface area contributed by atoms with Gasteiger partial charge in [0.1, 0.15) is 0 Å². The van der Waals surface area contributed by atoms with Gasteiger partial charge >= 0.3 is 0 Å². The van der Waals surface area contributed by atoms with Crippen molar-refractivity contribution in [1.82, 2.24) is 9.78 Å². The first-order valence-corrected chi connectivity index (χ1v) is 8.64. The van der Waals surface area contributed by atoms with E-state index in [-0.39, 0.29) is 0 Å². The minimum Gasteiger partial charge on any atom is -0.387 e. The second kappa shape index (κ2) is 6.87. The van der Waals surface area contributed by atoms with Crippen molar-refractivity contribution in [3.05, 3.63) is 38.3 Å². The zero-order valence-electron chi connectivity index (χ0n) is 12.1. The van der Waals surface area contributed by atoms with Gasteiger partial charge in [-0.2, -0.15) is 5.10 Å². The molecule has 1 N–H and O–H groups in total. The summed E-state index contributed by atoms with van der Waals surface area (Å²) in [6.07, 6.45) is 4.28. The standard InChI is InChI=1S/C15H21BrN2OS/c1-4-12(5-2)18-7-6-11(17-18)8-14(19)15-9-13(16)10(3)20-15/h6-7,9,12,14,19H,4-5,8H2,1-3H3. The van der Waals surface area contributed by atoms with Crippen LogP contribution in [0.5, 0.6) is 0 Å². The molecule has 0 aliphatic rings. The van der Waals surface area contributed by atoms with Gasteiger partial charge in [0.05, 0.1) is 17.8 Å². The van der Waals surface area contributed by atoms with E-state index in [0.29, 0.717) is 12.5 Å². The number of thiophene rings is 1. The maximum atomic E-state index is 10.3. The Morgan fingerprint density at radius 3 is 2.65 bits per heavy atom. The van der Waals surface area contributed by atoms with E-state index < -0.39 is 6.10 Å². The largest absolute Gasteiger partial charge is 0.387 e. The number of aryl methyl sites for hydroxylation is 1. The highest BCUT2D eigenvalue weighted by molar-refractivity contribution is 9.10. The first-order chi connectivity index (χ1) is 9.55. The Balaban J connectivity index is 2.06. The van der Waals surface area contributed by atoms with Crippen LogP contribution in [0.2, 0.25) is 0 Å². The van der Waals surface area contributed by atoms with Crippen LogP contribution in [-0.4, -0.2) is 14.9 Å². The minimum atomic E-state index is -0.477. The number of aromatic nitrogens is 2. The molecule has 2 aromatic heterocycles. The highest BCUT2D eigenvalue weighted by Crippen LogP contribution is 2.32. The molecule has 0 amide bonds. The Morgan fingerprint density at radius 1 is 1.40 bits per heavy atom. The number of aliphatic hydroxyl groups is 1. The van der Waals surface area contributed by atoms with Crippen molar-refractivity contribution in [3.8, 4) is 0 Å². The molecule has 0 bridgehead atoms. The monoisotopic (exact) mass is 356 g/mol. The smallest absolute Gasteiger partial charge is 0.0938 e. The zero-order chi connectivity index (χ0) is 14.7. The Kier molecular flexibility index (Phi) is 5.41. The first-order valence-electron chi connectivity index (χ1n) is 7.03. The van der Waals surface area contributed by atoms with E-state index >= 15 is 0 Å². The van der Waals surface area contributed by atoms with Gasteiger partial charge in [-0.3, -0.25) is 4.68 Å². The summed E-state index contributed by atoms with van der Waals surface area (Å²) in [7, 11) is 0. The van der Waals surface area contributed by atoms with Gasteiger partial charge in [0, 0.05) is 26.8 Å². The molecule has 20 heavy (non-hydrogen) atoms. The molecular weight excluding hydrogens is 336 g/mol. The molecule has 3 nitrogen and oxygen atoms in total. The molecule has 0 aliphatic carbocycles. The van der Waals surface area contributed by atoms with Crippen LogP contribution in [0.3, 0.4) is 0 Å². The molecule has 2 rings (SSSR count). The summed E-state index contributed by atoms with van der Waals surface area (Å²) in [5.74, 6) is 0. The van der Waals surface area contributed by atoms with Crippen molar-refractivity contribution in [2.75, 3.05) is 0 Å². The number of nitrogens with zero attached hydrogens (tertiary/aromatic N) is 2. The minimum absolute atomic E-state index is 0.457. The fraction of sp³-hybridized carbons (Fsp3) is 0.533. The molecule has 0 saturated carbocycles. The maximum Gasteiger partial charge on any atom is 0.0938 e. The third-order valence-corrected chi connectivity index (χ3v) is 5.83. The third-order valence-electron chi connectivity index (χ3n) is 3.59. The molecule has 0 fully saturated rings. The molecule has 1 unspecified atom stereocenters. The van der Waals surface area contributed by atoms with Gasteiger partial charge in [0.25, 0.3) is 0 Å². The van der Waals surface area contributed by atoms with Crippen LogP contribution in [0, 0.1) is 6.92 Å². The van der Waals surface area contributed by atoms with Crippen LogP contribution < -0.4 is 0 Å². The molecule has 2 aromatic rings. The Labute approximate surface area is 132 Å². The molecule has 2 heterocycles. The molecule has 0 aliphatic heterocycles. The van der Waals surface area contributed by atoms with Crippen LogP contribution in [0.15, 0.2) is 22.8 Å². The summed E-state index contributed by atoms with van der Waals surface area (Å²) in [5, 5.41) is 14.9. The fourth-order valence-electron chi connectivity index (χ4n) is 2.30. The summed E-state index contributed by atoms with van der Waals surface area (Å²) in [4.78, 5) is 2.19. The molecule has 1 atom stereocenters. The van der Waals surface area contributed by atoms with Crippen LogP contribution >= 0.6 is 27.3 Å². The van der Waals surface area contributed by atoms with Crippen LogP contribution in [0.1, 0.15) is 54.3 Å². The number of rotatable bonds is 6. The predicted octanol–water partition coefficient (Wildman–Crippen LogP) is 4.65. The average molecular weight is 357 g/mol. The van der Waals surface area contributed by atoms with Crippen molar-refractivity contribution in [3.63, 3.8) is 0 Å². The Hall–Kier alpha value is -0.650. The number of halogens is 1. The van der Waals surface area contributed by atoms with Gasteiger partial charge in [-0.1, -0.05) is 13.8 Å². The third kappa shape index (κ3) is 3.51. The van der Waals surface area contributed by atoms with E-state index in [1.165, 1.54) is 4.88 Å². The van der Waals surface area contributed by atoms with Gasteiger partial charge in [-0.25, -0.2) is 0 Å². The van der Waals surface area contributed by atoms with Crippen molar-refractivity contribution in [1.29, 1.82) is 0 Å². The van der Waals surface area contributed by atoms with Gasteiger partial charge in [-0.05, 0) is 47.8 Å². The van der Waals surface area contributed by atoms with E-state index in [2.05, 4.69) is 34.9 Å². The lowest BCUT2D eigenvalue weighted by Gasteiger charge is -2.12. The van der Waals surface area contributed by atoms with E-state index in [4.69, 9.17) is 0 Å². The number of hydrogen-bond acceptors (Lipinski definition) is 3. The quantitative estimate of drug-likeness (QED) is 0.817. The maximum absolute atomic E-state index is 10.3. The average Bonchev–Trinajstić information content (AvgIpc) is 3.00. The van der Waals surface area contributed by atoms with Gasteiger partial charge in [0.2, 0.25) is 0 Å². The van der Waals surface area contributed by atoms with E-state index in [0.717, 1.165) is 27.9 Å². The topological polar surface area (TPSA) is 38.0 Å². The van der Waals surface area contributed by atoms with Crippen molar-refractivity contribution in [2.24, 2.45) is 0 Å². The molecule has 0 saturated heterocycles. The predicted molar refractivity (Wildman–Crippen MR) is 87.3 cm³/mol. The van der Waals surface area contributed by atoms with Crippen LogP contribution in [0.25, 0.3) is 0 Å².